The zero-order chi connectivity index (χ0) is 24.1. The fourth-order valence-corrected chi connectivity index (χ4v) is 5.40. The number of hydrogen-bond acceptors (Lipinski definition) is 7. The molecule has 0 aromatic carbocycles. The fourth-order valence-electron chi connectivity index (χ4n) is 5.40. The third kappa shape index (κ3) is 3.95. The molecule has 3 fully saturated rings. The lowest BCUT2D eigenvalue weighted by atomic mass is 9.87. The van der Waals surface area contributed by atoms with Crippen molar-refractivity contribution >= 4 is 29.3 Å². The van der Waals surface area contributed by atoms with Crippen LogP contribution in [0, 0.1) is 5.92 Å². The maximum absolute atomic E-state index is 13.8. The lowest BCUT2D eigenvalue weighted by molar-refractivity contribution is -0.112. The van der Waals surface area contributed by atoms with Crippen LogP contribution in [0.1, 0.15) is 60.6 Å². The summed E-state index contributed by atoms with van der Waals surface area (Å²) >= 11 is 0. The first kappa shape index (κ1) is 22.1. The number of fused-ring (bicyclic) bond motifs is 3. The van der Waals surface area contributed by atoms with Gasteiger partial charge in [0, 0.05) is 24.9 Å². The highest BCUT2D eigenvalue weighted by Crippen LogP contribution is 2.35. The molecule has 12 heteroatoms. The molecule has 0 spiro atoms. The van der Waals surface area contributed by atoms with Crippen LogP contribution < -0.4 is 10.2 Å². The van der Waals surface area contributed by atoms with Gasteiger partial charge in [-0.05, 0) is 38.2 Å². The Labute approximate surface area is 199 Å². The number of halogens is 2. The fraction of sp³-hybridized carbons (Fsp3) is 0.522. The van der Waals surface area contributed by atoms with E-state index < -0.39 is 18.0 Å². The topological polar surface area (TPSA) is 107 Å². The maximum Gasteiger partial charge on any atom is 0.284 e. The van der Waals surface area contributed by atoms with Crippen LogP contribution in [-0.2, 0) is 9.53 Å². The second-order valence-electron chi connectivity index (χ2n) is 9.48. The summed E-state index contributed by atoms with van der Waals surface area (Å²) in [5.41, 5.74) is 0.0230. The Morgan fingerprint density at radius 1 is 1.23 bits per heavy atom. The SMILES string of the molecule is O=CC1CCC(n2cc(NC(=O)c3cnn4ccc(N5CC6C[C@@H]5CO6)nc34)c(C(F)F)n2)CC1. The quantitative estimate of drug-likeness (QED) is 0.535. The van der Waals surface area contributed by atoms with Gasteiger partial charge in [0.15, 0.2) is 11.3 Å². The Morgan fingerprint density at radius 2 is 2.06 bits per heavy atom. The summed E-state index contributed by atoms with van der Waals surface area (Å²) in [5, 5.41) is 10.9. The highest BCUT2D eigenvalue weighted by molar-refractivity contribution is 6.08. The second-order valence-corrected chi connectivity index (χ2v) is 9.48. The minimum absolute atomic E-state index is 0.00632. The second kappa shape index (κ2) is 8.67. The first-order valence-electron chi connectivity index (χ1n) is 11.9. The molecule has 184 valence electrons. The van der Waals surface area contributed by atoms with Crippen LogP contribution >= 0.6 is 0 Å². The summed E-state index contributed by atoms with van der Waals surface area (Å²) < 4.78 is 36.1. The molecule has 2 saturated heterocycles. The van der Waals surface area contributed by atoms with Crippen molar-refractivity contribution in [2.24, 2.45) is 5.92 Å². The normalized spacial score (nSPS) is 26.1. The lowest BCUT2D eigenvalue weighted by Gasteiger charge is -2.27. The number of carbonyl (C=O) groups excluding carboxylic acids is 2. The smallest absolute Gasteiger partial charge is 0.284 e. The van der Waals surface area contributed by atoms with E-state index in [4.69, 9.17) is 4.74 Å². The summed E-state index contributed by atoms with van der Waals surface area (Å²) in [6.45, 7) is 1.40. The van der Waals surface area contributed by atoms with Crippen LogP contribution in [0.15, 0.2) is 24.7 Å². The first-order valence-corrected chi connectivity index (χ1v) is 11.9. The molecule has 2 atom stereocenters. The molecule has 5 heterocycles. The van der Waals surface area contributed by atoms with Gasteiger partial charge in [-0.3, -0.25) is 9.48 Å². The van der Waals surface area contributed by atoms with Gasteiger partial charge < -0.3 is 19.7 Å². The van der Waals surface area contributed by atoms with Gasteiger partial charge in [0.1, 0.15) is 17.7 Å². The molecule has 1 N–H and O–H groups in total. The molecule has 0 radical (unpaired) electrons. The average molecular weight is 485 g/mol. The molecular weight excluding hydrogens is 460 g/mol. The van der Waals surface area contributed by atoms with E-state index >= 15 is 0 Å². The molecule has 1 saturated carbocycles. The Kier molecular flexibility index (Phi) is 5.47. The van der Waals surface area contributed by atoms with Crippen molar-refractivity contribution in [1.82, 2.24) is 24.4 Å². The van der Waals surface area contributed by atoms with Crippen molar-refractivity contribution in [1.29, 1.82) is 0 Å². The molecule has 6 rings (SSSR count). The number of alkyl halides is 2. The van der Waals surface area contributed by atoms with Crippen LogP contribution in [0.5, 0.6) is 0 Å². The molecular formula is C23H25F2N7O3. The molecule has 1 amide bonds. The van der Waals surface area contributed by atoms with E-state index in [0.29, 0.717) is 37.9 Å². The van der Waals surface area contributed by atoms with Crippen molar-refractivity contribution in [2.75, 3.05) is 23.4 Å². The van der Waals surface area contributed by atoms with E-state index in [0.717, 1.165) is 25.1 Å². The minimum atomic E-state index is -2.85. The Morgan fingerprint density at radius 3 is 2.74 bits per heavy atom. The van der Waals surface area contributed by atoms with Crippen LogP contribution in [0.4, 0.5) is 20.3 Å². The number of morpholine rings is 1. The van der Waals surface area contributed by atoms with Crippen molar-refractivity contribution in [3.8, 4) is 0 Å². The summed E-state index contributed by atoms with van der Waals surface area (Å²) in [6.07, 6.45) is 6.56. The van der Waals surface area contributed by atoms with Gasteiger partial charge >= 0.3 is 0 Å². The average Bonchev–Trinajstić information content (AvgIpc) is 3.66. The third-order valence-electron chi connectivity index (χ3n) is 7.32. The summed E-state index contributed by atoms with van der Waals surface area (Å²) in [4.78, 5) is 31.0. The van der Waals surface area contributed by atoms with Gasteiger partial charge in [0.25, 0.3) is 12.3 Å². The molecule has 3 aromatic rings. The molecule has 10 nitrogen and oxygen atoms in total. The molecule has 1 unspecified atom stereocenters. The van der Waals surface area contributed by atoms with Crippen LogP contribution in [-0.4, -0.2) is 61.9 Å². The third-order valence-corrected chi connectivity index (χ3v) is 7.32. The van der Waals surface area contributed by atoms with E-state index in [1.165, 1.54) is 21.6 Å². The van der Waals surface area contributed by atoms with Crippen molar-refractivity contribution in [3.05, 3.63) is 35.9 Å². The molecule has 3 aromatic heterocycles. The molecule has 2 bridgehead atoms. The number of rotatable bonds is 6. The highest BCUT2D eigenvalue weighted by Gasteiger charge is 2.39. The van der Waals surface area contributed by atoms with E-state index in [9.17, 15) is 18.4 Å². The first-order chi connectivity index (χ1) is 17.0. The van der Waals surface area contributed by atoms with Crippen molar-refractivity contribution in [2.45, 2.75) is 56.7 Å². The molecule has 2 aliphatic heterocycles. The Bertz CT molecular complexity index is 1270. The summed E-state index contributed by atoms with van der Waals surface area (Å²) in [6, 6.07) is 2.02. The molecule has 1 aliphatic carbocycles. The van der Waals surface area contributed by atoms with Crippen molar-refractivity contribution in [3.63, 3.8) is 0 Å². The number of aldehydes is 1. The predicted octanol–water partition coefficient (Wildman–Crippen LogP) is 3.02. The number of carbonyl (C=O) groups is 2. The van der Waals surface area contributed by atoms with E-state index in [1.807, 2.05) is 6.07 Å². The van der Waals surface area contributed by atoms with Gasteiger partial charge in [-0.2, -0.15) is 10.2 Å². The minimum Gasteiger partial charge on any atom is -0.374 e. The summed E-state index contributed by atoms with van der Waals surface area (Å²) in [7, 11) is 0. The van der Waals surface area contributed by atoms with Crippen LogP contribution in [0.2, 0.25) is 0 Å². The summed E-state index contributed by atoms with van der Waals surface area (Å²) in [5.74, 6) is 0.156. The number of aromatic nitrogens is 5. The van der Waals surface area contributed by atoms with Gasteiger partial charge in [-0.1, -0.05) is 0 Å². The Balaban J connectivity index is 1.25. The predicted molar refractivity (Wildman–Crippen MR) is 121 cm³/mol. The van der Waals surface area contributed by atoms with Crippen LogP contribution in [0.3, 0.4) is 0 Å². The number of amides is 1. The molecule has 3 aliphatic rings. The van der Waals surface area contributed by atoms with E-state index in [-0.39, 0.29) is 35.4 Å². The zero-order valence-corrected chi connectivity index (χ0v) is 18.9. The zero-order valence-electron chi connectivity index (χ0n) is 18.9. The van der Waals surface area contributed by atoms with Gasteiger partial charge in [-0.15, -0.1) is 0 Å². The lowest BCUT2D eigenvalue weighted by Crippen LogP contribution is -2.37. The highest BCUT2D eigenvalue weighted by atomic mass is 19.3. The van der Waals surface area contributed by atoms with E-state index in [2.05, 4.69) is 25.4 Å². The Hall–Kier alpha value is -3.41. The van der Waals surface area contributed by atoms with Gasteiger partial charge in [0.05, 0.1) is 36.7 Å². The monoisotopic (exact) mass is 485 g/mol. The number of ether oxygens (including phenoxy) is 1. The number of hydrogen-bond donors (Lipinski definition) is 1. The number of anilines is 2. The van der Waals surface area contributed by atoms with Gasteiger partial charge in [-0.25, -0.2) is 18.3 Å². The van der Waals surface area contributed by atoms with Crippen molar-refractivity contribution < 1.29 is 23.1 Å². The molecule has 35 heavy (non-hydrogen) atoms. The maximum atomic E-state index is 13.8. The largest absolute Gasteiger partial charge is 0.374 e. The standard InChI is InChI=1S/C23H25F2N7O3/c24-21(25)20-18(10-32(29-20)14-3-1-13(11-33)2-4-14)27-23(34)17-8-26-31-6-5-19(28-22(17)31)30-9-16-7-15(30)12-35-16/h5-6,8,10-11,13-16,21H,1-4,7,9,12H2,(H,27,34)/t13?,14?,15-,16?/m1/s1. The number of nitrogens with zero attached hydrogens (tertiary/aromatic N) is 6. The number of nitrogens with one attached hydrogen (secondary N) is 1. The van der Waals surface area contributed by atoms with E-state index in [1.54, 1.807) is 6.20 Å². The van der Waals surface area contributed by atoms with Crippen LogP contribution in [0.25, 0.3) is 5.65 Å². The van der Waals surface area contributed by atoms with Gasteiger partial charge in [0.2, 0.25) is 0 Å².